The second-order valence-corrected chi connectivity index (χ2v) is 7.42. The molecule has 0 heterocycles. The summed E-state index contributed by atoms with van der Waals surface area (Å²) in [4.78, 5) is 37.7. The van der Waals surface area contributed by atoms with Crippen LogP contribution >= 0.6 is 0 Å². The summed E-state index contributed by atoms with van der Waals surface area (Å²) in [6.45, 7) is 0. The standard InChI is InChI=1S/C27H18O9/c28-19-7-1-16(2-8-19)25(31)34-22-13-14-23(35-26(32)17-3-9-20(29)10-4-17)24(15-22)36-27(33)18-5-11-21(30)12-6-18/h1-15,28-30H. The normalized spacial score (nSPS) is 10.3. The molecular formula is C27H18O9. The van der Waals surface area contributed by atoms with Crippen molar-refractivity contribution in [3.8, 4) is 34.5 Å². The van der Waals surface area contributed by atoms with E-state index >= 15 is 0 Å². The van der Waals surface area contributed by atoms with Gasteiger partial charge in [-0.1, -0.05) is 0 Å². The van der Waals surface area contributed by atoms with Gasteiger partial charge in [-0.25, -0.2) is 14.4 Å². The second kappa shape index (κ2) is 10.3. The summed E-state index contributed by atoms with van der Waals surface area (Å²) in [5, 5.41) is 28.2. The van der Waals surface area contributed by atoms with Crippen LogP contribution in [0.1, 0.15) is 31.1 Å². The molecule has 0 bridgehead atoms. The fourth-order valence-corrected chi connectivity index (χ4v) is 2.99. The third-order valence-corrected chi connectivity index (χ3v) is 4.84. The molecule has 36 heavy (non-hydrogen) atoms. The first kappa shape index (κ1) is 23.8. The molecule has 0 aliphatic heterocycles. The van der Waals surface area contributed by atoms with Gasteiger partial charge in [0.25, 0.3) is 0 Å². The summed E-state index contributed by atoms with van der Waals surface area (Å²) in [7, 11) is 0. The molecule has 3 N–H and O–H groups in total. The summed E-state index contributed by atoms with van der Waals surface area (Å²) in [5.74, 6) is -2.79. The number of esters is 3. The molecule has 0 atom stereocenters. The van der Waals surface area contributed by atoms with E-state index in [1.54, 1.807) is 0 Å². The third kappa shape index (κ3) is 5.78. The lowest BCUT2D eigenvalue weighted by atomic mass is 10.2. The average molecular weight is 486 g/mol. The van der Waals surface area contributed by atoms with E-state index in [2.05, 4.69) is 0 Å². The molecule has 180 valence electrons. The Balaban J connectivity index is 1.61. The summed E-state index contributed by atoms with van der Waals surface area (Å²) < 4.78 is 16.1. The summed E-state index contributed by atoms with van der Waals surface area (Å²) in [6.07, 6.45) is 0. The van der Waals surface area contributed by atoms with Gasteiger partial charge in [-0.2, -0.15) is 0 Å². The first-order chi connectivity index (χ1) is 17.3. The van der Waals surface area contributed by atoms with Crippen LogP contribution in [0.5, 0.6) is 34.5 Å². The molecule has 0 saturated heterocycles. The van der Waals surface area contributed by atoms with Crippen LogP contribution in [0.15, 0.2) is 91.0 Å². The molecule has 0 spiro atoms. The van der Waals surface area contributed by atoms with Gasteiger partial charge in [-0.15, -0.1) is 0 Å². The third-order valence-electron chi connectivity index (χ3n) is 4.84. The lowest BCUT2D eigenvalue weighted by Crippen LogP contribution is -2.13. The fraction of sp³-hybridized carbons (Fsp3) is 0. The largest absolute Gasteiger partial charge is 0.508 e. The molecule has 9 nitrogen and oxygen atoms in total. The van der Waals surface area contributed by atoms with Gasteiger partial charge < -0.3 is 29.5 Å². The van der Waals surface area contributed by atoms with Crippen LogP contribution in [-0.2, 0) is 0 Å². The zero-order valence-electron chi connectivity index (χ0n) is 18.5. The number of phenolic OH excluding ortho intramolecular Hbond substituents is 3. The Morgan fingerprint density at radius 3 is 1.22 bits per heavy atom. The Labute approximate surface area is 204 Å². The number of phenols is 3. The highest BCUT2D eigenvalue weighted by Gasteiger charge is 2.19. The zero-order chi connectivity index (χ0) is 25.7. The molecule has 0 radical (unpaired) electrons. The van der Waals surface area contributed by atoms with E-state index < -0.39 is 17.9 Å². The highest BCUT2D eigenvalue weighted by atomic mass is 16.6. The second-order valence-electron chi connectivity index (χ2n) is 7.42. The Kier molecular flexibility index (Phi) is 6.83. The Hall–Kier alpha value is -5.31. The van der Waals surface area contributed by atoms with Gasteiger partial charge in [0.05, 0.1) is 16.7 Å². The molecule has 0 aliphatic rings. The number of hydrogen-bond acceptors (Lipinski definition) is 9. The Morgan fingerprint density at radius 2 is 0.806 bits per heavy atom. The van der Waals surface area contributed by atoms with Crippen molar-refractivity contribution in [1.82, 2.24) is 0 Å². The van der Waals surface area contributed by atoms with E-state index in [4.69, 9.17) is 14.2 Å². The van der Waals surface area contributed by atoms with Gasteiger partial charge in [0, 0.05) is 6.07 Å². The number of rotatable bonds is 6. The molecular weight excluding hydrogens is 468 g/mol. The SMILES string of the molecule is O=C(Oc1ccc(OC(=O)c2ccc(O)cc2)c(OC(=O)c2ccc(O)cc2)c1)c1ccc(O)cc1. The first-order valence-electron chi connectivity index (χ1n) is 10.5. The predicted molar refractivity (Wildman–Crippen MR) is 126 cm³/mol. The molecule has 0 aliphatic carbocycles. The number of benzene rings is 4. The lowest BCUT2D eigenvalue weighted by Gasteiger charge is -2.13. The van der Waals surface area contributed by atoms with E-state index in [1.807, 2.05) is 0 Å². The highest BCUT2D eigenvalue weighted by molar-refractivity contribution is 5.94. The van der Waals surface area contributed by atoms with Gasteiger partial charge in [0.1, 0.15) is 23.0 Å². The van der Waals surface area contributed by atoms with Crippen molar-refractivity contribution in [3.05, 3.63) is 108 Å². The minimum absolute atomic E-state index is 0.00832. The van der Waals surface area contributed by atoms with Crippen LogP contribution in [0.25, 0.3) is 0 Å². The number of carbonyl (C=O) groups is 3. The summed E-state index contributed by atoms with van der Waals surface area (Å²) in [6, 6.07) is 19.9. The van der Waals surface area contributed by atoms with Gasteiger partial charge in [-0.05, 0) is 84.9 Å². The number of ether oxygens (including phenoxy) is 3. The minimum atomic E-state index is -0.820. The van der Waals surface area contributed by atoms with Crippen LogP contribution in [0.2, 0.25) is 0 Å². The Bertz CT molecular complexity index is 1410. The van der Waals surface area contributed by atoms with E-state index in [-0.39, 0.29) is 51.2 Å². The smallest absolute Gasteiger partial charge is 0.343 e. The minimum Gasteiger partial charge on any atom is -0.508 e. The van der Waals surface area contributed by atoms with Crippen molar-refractivity contribution < 1.29 is 43.9 Å². The maximum Gasteiger partial charge on any atom is 0.343 e. The van der Waals surface area contributed by atoms with Gasteiger partial charge in [0.15, 0.2) is 11.5 Å². The van der Waals surface area contributed by atoms with Crippen LogP contribution in [0.4, 0.5) is 0 Å². The highest BCUT2D eigenvalue weighted by Crippen LogP contribution is 2.33. The summed E-state index contributed by atoms with van der Waals surface area (Å²) in [5.41, 5.74) is 0.403. The molecule has 0 unspecified atom stereocenters. The van der Waals surface area contributed by atoms with Crippen molar-refractivity contribution in [2.24, 2.45) is 0 Å². The topological polar surface area (TPSA) is 140 Å². The Morgan fingerprint density at radius 1 is 0.444 bits per heavy atom. The molecule has 4 aromatic rings. The van der Waals surface area contributed by atoms with E-state index in [0.717, 1.165) is 0 Å². The van der Waals surface area contributed by atoms with Crippen molar-refractivity contribution in [1.29, 1.82) is 0 Å². The van der Waals surface area contributed by atoms with Gasteiger partial charge in [-0.3, -0.25) is 0 Å². The van der Waals surface area contributed by atoms with E-state index in [0.29, 0.717) is 0 Å². The molecule has 0 saturated carbocycles. The number of hydrogen-bond donors (Lipinski definition) is 3. The van der Waals surface area contributed by atoms with Crippen molar-refractivity contribution >= 4 is 17.9 Å². The average Bonchev–Trinajstić information content (AvgIpc) is 2.86. The zero-order valence-corrected chi connectivity index (χ0v) is 18.5. The maximum atomic E-state index is 12.7. The molecule has 0 fully saturated rings. The fourth-order valence-electron chi connectivity index (χ4n) is 2.99. The number of aromatic hydroxyl groups is 3. The quantitative estimate of drug-likeness (QED) is 0.266. The molecule has 0 amide bonds. The van der Waals surface area contributed by atoms with Gasteiger partial charge >= 0.3 is 17.9 Å². The van der Waals surface area contributed by atoms with Crippen LogP contribution in [0.3, 0.4) is 0 Å². The van der Waals surface area contributed by atoms with Gasteiger partial charge in [0.2, 0.25) is 0 Å². The lowest BCUT2D eigenvalue weighted by molar-refractivity contribution is 0.0679. The first-order valence-corrected chi connectivity index (χ1v) is 10.5. The predicted octanol–water partition coefficient (Wildman–Crippen LogP) is 4.46. The van der Waals surface area contributed by atoms with E-state index in [9.17, 15) is 29.7 Å². The summed E-state index contributed by atoms with van der Waals surface area (Å²) >= 11 is 0. The van der Waals surface area contributed by atoms with Crippen molar-refractivity contribution in [3.63, 3.8) is 0 Å². The van der Waals surface area contributed by atoms with E-state index in [1.165, 1.54) is 91.0 Å². The molecule has 0 aromatic heterocycles. The van der Waals surface area contributed by atoms with Crippen molar-refractivity contribution in [2.75, 3.05) is 0 Å². The molecule has 4 rings (SSSR count). The maximum absolute atomic E-state index is 12.7. The monoisotopic (exact) mass is 486 g/mol. The molecule has 4 aromatic carbocycles. The van der Waals surface area contributed by atoms with Crippen LogP contribution in [0, 0.1) is 0 Å². The van der Waals surface area contributed by atoms with Crippen molar-refractivity contribution in [2.45, 2.75) is 0 Å². The molecule has 9 heteroatoms. The number of carbonyl (C=O) groups excluding carboxylic acids is 3. The van der Waals surface area contributed by atoms with Crippen LogP contribution < -0.4 is 14.2 Å². The van der Waals surface area contributed by atoms with Crippen LogP contribution in [-0.4, -0.2) is 33.2 Å².